The molecule has 24 rings (SSSR count). The number of hydrogen-bond acceptors (Lipinski definition) is 4. The Balaban J connectivity index is 0.000000137. The fourth-order valence-electron chi connectivity index (χ4n) is 17.7. The number of anilines is 6. The molecule has 0 N–H and O–H groups in total. The predicted molar refractivity (Wildman–Crippen MR) is 502 cm³/mol. The van der Waals surface area contributed by atoms with Crippen LogP contribution in [0.2, 0.25) is 0 Å². The van der Waals surface area contributed by atoms with E-state index in [1.807, 2.05) is 22.7 Å². The van der Waals surface area contributed by atoms with Crippen LogP contribution < -0.4 is 9.80 Å². The summed E-state index contributed by atoms with van der Waals surface area (Å²) in [6.45, 7) is 0. The molecule has 0 spiro atoms. The zero-order chi connectivity index (χ0) is 76.3. The van der Waals surface area contributed by atoms with Crippen LogP contribution in [-0.4, -0.2) is 38.1 Å². The number of fused-ring (bicyclic) bond motifs is 18. The molecular weight excluding hydrogens is 1580 g/mol. The van der Waals surface area contributed by atoms with Crippen molar-refractivity contribution in [2.75, 3.05) is 9.80 Å². The zero-order valence-corrected chi connectivity index (χ0v) is 67.7. The minimum Gasteiger partial charge on any atom is -0.0602 e. The summed E-state index contributed by atoms with van der Waals surface area (Å²) in [5.74, 6) is 0. The first-order valence-corrected chi connectivity index (χ1v) is 44.4. The molecule has 0 aliphatic carbocycles. The topological polar surface area (TPSA) is 16.3 Å². The molecule has 0 saturated carbocycles. The molecule has 0 aliphatic rings. The third-order valence-corrected chi connectivity index (χ3v) is 30.3. The number of rotatable bonds is 12. The van der Waals surface area contributed by atoms with E-state index in [1.54, 1.807) is 0 Å². The van der Waals surface area contributed by atoms with Crippen molar-refractivity contribution in [3.63, 3.8) is 0 Å². The predicted octanol–water partition coefficient (Wildman–Crippen LogP) is 30.6. The van der Waals surface area contributed by atoms with Gasteiger partial charge < -0.3 is 9.13 Å². The number of hydrogen-bond donors (Lipinski definition) is 0. The van der Waals surface area contributed by atoms with E-state index in [2.05, 4.69) is 431 Å². The Morgan fingerprint density at radius 1 is 0.190 bits per heavy atom. The maximum Gasteiger partial charge on any atom is 0.0541 e. The van der Waals surface area contributed by atoms with Gasteiger partial charge in [-0.25, -0.2) is 0 Å². The Bertz CT molecular complexity index is 7940. The van der Waals surface area contributed by atoms with Crippen molar-refractivity contribution < 1.29 is 0 Å². The van der Waals surface area contributed by atoms with Crippen LogP contribution in [0.1, 0.15) is 0 Å². The molecule has 0 saturated heterocycles. The number of nitrogens with zero attached hydrogens (tertiary/aromatic N) is 4. The Kier molecular flexibility index (Phi) is 16.7. The molecule has 0 radical (unpaired) electrons. The van der Waals surface area contributed by atoms with Gasteiger partial charge in [-0.1, -0.05) is 115 Å². The van der Waals surface area contributed by atoms with Crippen LogP contribution in [-0.2, 0) is 0 Å². The van der Waals surface area contributed by atoms with Gasteiger partial charge >= 0.3 is 416 Å². The van der Waals surface area contributed by atoms with E-state index in [0.717, 1.165) is 28.4 Å². The van der Waals surface area contributed by atoms with Crippen LogP contribution in [0.25, 0.3) is 178 Å². The zero-order valence-electron chi connectivity index (χ0n) is 62.7. The maximum atomic E-state index is 2.44. The maximum absolute atomic E-state index is 2.44. The quantitative estimate of drug-likeness (QED) is 0.113. The fourth-order valence-corrected chi connectivity index (χ4v) is 24.7. The van der Waals surface area contributed by atoms with Crippen LogP contribution in [0.15, 0.2) is 413 Å². The first-order chi connectivity index (χ1) is 57.5. The second kappa shape index (κ2) is 28.3. The van der Waals surface area contributed by atoms with Gasteiger partial charge in [-0.2, -0.15) is 0 Å². The molecule has 0 fully saturated rings. The van der Waals surface area contributed by atoms with Gasteiger partial charge in [0.1, 0.15) is 0 Å². The normalized spacial score (nSPS) is 11.8. The van der Waals surface area contributed by atoms with Gasteiger partial charge in [0.25, 0.3) is 0 Å². The minimum absolute atomic E-state index is 0.333. The number of benzene rings is 18. The van der Waals surface area contributed by atoms with Gasteiger partial charge in [0, 0.05) is 37.6 Å². The number of thiophene rings is 2. The van der Waals surface area contributed by atoms with E-state index in [9.17, 15) is 0 Å². The Morgan fingerprint density at radius 2 is 0.534 bits per heavy atom. The molecule has 116 heavy (non-hydrogen) atoms. The Hall–Kier alpha value is -13.4. The van der Waals surface area contributed by atoms with Crippen molar-refractivity contribution >= 4 is 208 Å². The smallest absolute Gasteiger partial charge is 0.0541 e. The van der Waals surface area contributed by atoms with Crippen LogP contribution in [0.3, 0.4) is 0 Å². The largest absolute Gasteiger partial charge is 0.0602 e. The number of aromatic nitrogens is 2. The van der Waals surface area contributed by atoms with Crippen LogP contribution in [0, 0.1) is 0 Å². The van der Waals surface area contributed by atoms with Gasteiger partial charge in [0.2, 0.25) is 0 Å². The molecule has 18 aromatic carbocycles. The summed E-state index contributed by atoms with van der Waals surface area (Å²) in [6, 6.07) is 152. The average Bonchev–Trinajstić information content (AvgIpc) is 1.59. The van der Waals surface area contributed by atoms with Gasteiger partial charge in [0.05, 0.1) is 22.1 Å². The SMILES string of the molecule is c1ccc(-n2c3ccccc3c3cc(-c4ccc(N(c5ccc(-c6ccc7c(c6)[se]c6ccccc67)cc5)c5ccc6sc7ccccc7c6c5)cc4)ccc32)cc1.c1ccc(-n2c3ccccc3c3cc(-c4ccc(N(c5ccc(-c6ccc7c(c6)[se]c6ccccc67)cc5)c5cccc6sc7ccccc7c56)cc4)ccc32)cc1. The molecule has 8 heteroatoms. The van der Waals surface area contributed by atoms with E-state index in [-0.39, 0.29) is 0 Å². The summed E-state index contributed by atoms with van der Waals surface area (Å²) >= 11 is 4.39. The summed E-state index contributed by atoms with van der Waals surface area (Å²) in [5.41, 5.74) is 23.8. The van der Waals surface area contributed by atoms with Gasteiger partial charge in [-0.3, -0.25) is 0 Å². The minimum atomic E-state index is 0.333. The molecule has 0 atom stereocenters. The summed E-state index contributed by atoms with van der Waals surface area (Å²) in [4.78, 5) is 4.84. The molecule has 24 aromatic rings. The van der Waals surface area contributed by atoms with Crippen LogP contribution >= 0.6 is 22.7 Å². The van der Waals surface area contributed by atoms with Crippen molar-refractivity contribution in [2.45, 2.75) is 0 Å². The van der Waals surface area contributed by atoms with E-state index >= 15 is 0 Å². The van der Waals surface area contributed by atoms with Crippen molar-refractivity contribution in [3.8, 4) is 55.9 Å². The third-order valence-electron chi connectivity index (χ3n) is 23.2. The summed E-state index contributed by atoms with van der Waals surface area (Å²) in [7, 11) is 0. The van der Waals surface area contributed by atoms with Crippen molar-refractivity contribution in [1.29, 1.82) is 0 Å². The molecular formula is C108H68N4S2Se2. The molecule has 6 aromatic heterocycles. The summed E-state index contributed by atoms with van der Waals surface area (Å²) in [5, 5.41) is 15.8. The van der Waals surface area contributed by atoms with Gasteiger partial charge in [0.15, 0.2) is 0 Å². The van der Waals surface area contributed by atoms with E-state index in [4.69, 9.17) is 0 Å². The van der Waals surface area contributed by atoms with Crippen LogP contribution in [0.4, 0.5) is 34.1 Å². The number of para-hydroxylation sites is 4. The van der Waals surface area contributed by atoms with Gasteiger partial charge in [-0.15, -0.1) is 11.3 Å². The standard InChI is InChI=1S/2C54H34N2SSe/c1-2-11-39(12-3-1)56-47-16-7-4-13-42(47)46-33-37(26-32-48(46)56)35-21-27-40(28-22-35)55(49-17-10-19-51-54(49)45-15-5-8-18-50(45)57-51)41-29-23-36(24-30-41)38-25-31-44-43-14-6-9-20-52(43)58-53(44)34-38;1-2-10-39(11-3-1)56-49-15-7-4-12-43(49)47-32-37(23-30-50(47)56)35-18-24-40(25-19-35)55(42-28-31-52-48(34-42)44-13-5-8-16-51(44)57-52)41-26-20-36(21-27-41)38-22-29-46-45-14-6-9-17-53(45)58-54(46)33-38/h2*1-34H. The molecule has 4 nitrogen and oxygen atoms in total. The average molecular weight is 1640 g/mol. The van der Waals surface area contributed by atoms with E-state index in [1.165, 1.54) is 184 Å². The third kappa shape index (κ3) is 11.7. The molecule has 0 bridgehead atoms. The monoisotopic (exact) mass is 1640 g/mol. The van der Waals surface area contributed by atoms with Crippen molar-refractivity contribution in [2.24, 2.45) is 0 Å². The fraction of sp³-hybridized carbons (Fsp3) is 0. The molecule has 0 amide bonds. The van der Waals surface area contributed by atoms with E-state index in [0.29, 0.717) is 29.0 Å². The molecule has 544 valence electrons. The first kappa shape index (κ1) is 68.3. The summed E-state index contributed by atoms with van der Waals surface area (Å²) in [6.07, 6.45) is 0. The Morgan fingerprint density at radius 3 is 1.03 bits per heavy atom. The Labute approximate surface area is 689 Å². The van der Waals surface area contributed by atoms with Crippen molar-refractivity contribution in [1.82, 2.24) is 9.13 Å². The van der Waals surface area contributed by atoms with Gasteiger partial charge in [-0.05, 0) is 83.9 Å². The summed E-state index contributed by atoms with van der Waals surface area (Å²) < 4.78 is 15.9. The second-order valence-electron chi connectivity index (χ2n) is 29.8. The van der Waals surface area contributed by atoms with E-state index < -0.39 is 0 Å². The van der Waals surface area contributed by atoms with Crippen LogP contribution in [0.5, 0.6) is 0 Å². The second-order valence-corrected chi connectivity index (χ2v) is 36.6. The molecule has 0 aliphatic heterocycles. The first-order valence-electron chi connectivity index (χ1n) is 39.3. The molecule has 6 heterocycles. The van der Waals surface area contributed by atoms with Crippen molar-refractivity contribution in [3.05, 3.63) is 413 Å². The molecule has 0 unspecified atom stereocenters.